The highest BCUT2D eigenvalue weighted by Crippen LogP contribution is 2.26. The van der Waals surface area contributed by atoms with Crippen molar-refractivity contribution in [1.82, 2.24) is 10.2 Å². The number of hydrogen-bond donors (Lipinski definition) is 4. The second-order valence-electron chi connectivity index (χ2n) is 8.33. The molecular formula is C27H30N4O5. The number of aliphatic carboxylic acids is 1. The molecule has 0 fully saturated rings. The maximum atomic E-state index is 12.6. The van der Waals surface area contributed by atoms with E-state index in [1.54, 1.807) is 53.7 Å². The van der Waals surface area contributed by atoms with Crippen molar-refractivity contribution < 1.29 is 24.2 Å². The SMILES string of the molecule is COc1cc(CC(=O)NC2=CC=CN(C(C)CC(=O)O)C=C2)ccc1NC(=O)Nc1ccccc1C. The van der Waals surface area contributed by atoms with Gasteiger partial charge in [-0.2, -0.15) is 0 Å². The number of hydrogen-bond acceptors (Lipinski definition) is 5. The minimum atomic E-state index is -0.876. The van der Waals surface area contributed by atoms with Gasteiger partial charge >= 0.3 is 12.0 Å². The zero-order valence-corrected chi connectivity index (χ0v) is 20.4. The number of carbonyl (C=O) groups excluding carboxylic acids is 2. The summed E-state index contributed by atoms with van der Waals surface area (Å²) in [4.78, 5) is 37.8. The predicted octanol–water partition coefficient (Wildman–Crippen LogP) is 4.40. The number of carbonyl (C=O) groups is 3. The quantitative estimate of drug-likeness (QED) is 0.414. The third-order valence-corrected chi connectivity index (χ3v) is 5.50. The molecule has 2 aromatic carbocycles. The van der Waals surface area contributed by atoms with Gasteiger partial charge in [0, 0.05) is 29.8 Å². The van der Waals surface area contributed by atoms with Crippen LogP contribution in [0.4, 0.5) is 16.2 Å². The van der Waals surface area contributed by atoms with Crippen LogP contribution < -0.4 is 20.7 Å². The minimum absolute atomic E-state index is 0.00336. The first-order valence-corrected chi connectivity index (χ1v) is 11.4. The number of carboxylic acids is 1. The van der Waals surface area contributed by atoms with Crippen LogP contribution in [0.1, 0.15) is 24.5 Å². The Morgan fingerprint density at radius 3 is 2.50 bits per heavy atom. The zero-order valence-electron chi connectivity index (χ0n) is 20.4. The first kappa shape index (κ1) is 26.1. The number of carboxylic acid groups (broad SMARTS) is 1. The van der Waals surface area contributed by atoms with Crippen LogP contribution in [-0.2, 0) is 16.0 Å². The highest BCUT2D eigenvalue weighted by Gasteiger charge is 2.14. The fraction of sp³-hybridized carbons (Fsp3) is 0.222. The van der Waals surface area contributed by atoms with Gasteiger partial charge in [-0.25, -0.2) is 4.79 Å². The normalized spacial score (nSPS) is 13.3. The lowest BCUT2D eigenvalue weighted by Gasteiger charge is -2.21. The summed E-state index contributed by atoms with van der Waals surface area (Å²) in [6, 6.07) is 12.0. The Morgan fingerprint density at radius 2 is 1.78 bits per heavy atom. The van der Waals surface area contributed by atoms with Crippen molar-refractivity contribution >= 4 is 29.3 Å². The summed E-state index contributed by atoms with van der Waals surface area (Å²) in [5.74, 6) is -0.676. The van der Waals surface area contributed by atoms with Gasteiger partial charge in [0.25, 0.3) is 0 Å². The second-order valence-corrected chi connectivity index (χ2v) is 8.33. The molecule has 0 aliphatic carbocycles. The van der Waals surface area contributed by atoms with E-state index in [1.165, 1.54) is 7.11 Å². The van der Waals surface area contributed by atoms with Crippen LogP contribution in [0.2, 0.25) is 0 Å². The molecule has 0 saturated heterocycles. The molecule has 3 rings (SSSR count). The van der Waals surface area contributed by atoms with E-state index in [-0.39, 0.29) is 24.8 Å². The van der Waals surface area contributed by atoms with E-state index in [4.69, 9.17) is 9.84 Å². The van der Waals surface area contributed by atoms with Gasteiger partial charge in [-0.1, -0.05) is 24.3 Å². The van der Waals surface area contributed by atoms with E-state index in [0.29, 0.717) is 28.4 Å². The molecule has 1 heterocycles. The van der Waals surface area contributed by atoms with Crippen LogP contribution >= 0.6 is 0 Å². The minimum Gasteiger partial charge on any atom is -0.495 e. The predicted molar refractivity (Wildman–Crippen MR) is 139 cm³/mol. The molecule has 1 aliphatic heterocycles. The molecule has 0 radical (unpaired) electrons. The highest BCUT2D eigenvalue weighted by molar-refractivity contribution is 6.01. The van der Waals surface area contributed by atoms with Gasteiger partial charge < -0.3 is 30.7 Å². The molecule has 0 aromatic heterocycles. The molecule has 0 spiro atoms. The third kappa shape index (κ3) is 7.49. The van der Waals surface area contributed by atoms with Crippen LogP contribution in [0.25, 0.3) is 0 Å². The van der Waals surface area contributed by atoms with Crippen molar-refractivity contribution in [3.63, 3.8) is 0 Å². The molecule has 36 heavy (non-hydrogen) atoms. The van der Waals surface area contributed by atoms with Crippen molar-refractivity contribution in [3.8, 4) is 5.75 Å². The third-order valence-electron chi connectivity index (χ3n) is 5.50. The van der Waals surface area contributed by atoms with Crippen molar-refractivity contribution in [3.05, 3.63) is 89.9 Å². The molecule has 1 aliphatic rings. The smallest absolute Gasteiger partial charge is 0.323 e. The number of anilines is 2. The Bertz CT molecular complexity index is 1220. The van der Waals surface area contributed by atoms with Gasteiger partial charge in [-0.05, 0) is 61.4 Å². The molecule has 3 amide bonds. The van der Waals surface area contributed by atoms with Gasteiger partial charge in [0.05, 0.1) is 25.6 Å². The van der Waals surface area contributed by atoms with E-state index in [0.717, 1.165) is 5.56 Å². The van der Waals surface area contributed by atoms with Crippen LogP contribution in [0.15, 0.2) is 78.8 Å². The number of methoxy groups -OCH3 is 1. The summed E-state index contributed by atoms with van der Waals surface area (Å²) >= 11 is 0. The zero-order chi connectivity index (χ0) is 26.1. The van der Waals surface area contributed by atoms with Gasteiger partial charge in [0.15, 0.2) is 0 Å². The molecule has 9 nitrogen and oxygen atoms in total. The largest absolute Gasteiger partial charge is 0.495 e. The molecule has 2 aromatic rings. The number of para-hydroxylation sites is 1. The van der Waals surface area contributed by atoms with Crippen molar-refractivity contribution in [2.45, 2.75) is 32.7 Å². The summed E-state index contributed by atoms with van der Waals surface area (Å²) in [5.41, 5.74) is 3.41. The van der Waals surface area contributed by atoms with Crippen LogP contribution in [0.3, 0.4) is 0 Å². The highest BCUT2D eigenvalue weighted by atomic mass is 16.5. The maximum Gasteiger partial charge on any atom is 0.323 e. The fourth-order valence-electron chi connectivity index (χ4n) is 3.58. The standard InChI is InChI=1S/C27H30N4O5/c1-18-7-4-5-9-22(18)29-27(35)30-23-11-10-20(16-24(23)36-3)17-25(32)28-21-8-6-13-31(14-12-21)19(2)15-26(33)34/h4-14,16,19H,15,17H2,1-3H3,(H,28,32)(H,33,34)(H2,29,30,35). The van der Waals surface area contributed by atoms with Crippen molar-refractivity contribution in [2.75, 3.05) is 17.7 Å². The van der Waals surface area contributed by atoms with Crippen LogP contribution in [0.5, 0.6) is 5.75 Å². The Kier molecular flexibility index (Phi) is 8.88. The summed E-state index contributed by atoms with van der Waals surface area (Å²) in [6.07, 6.45) is 8.79. The first-order valence-electron chi connectivity index (χ1n) is 11.4. The summed E-state index contributed by atoms with van der Waals surface area (Å²) in [6.45, 7) is 3.72. The molecular weight excluding hydrogens is 460 g/mol. The number of nitrogens with one attached hydrogen (secondary N) is 3. The number of aryl methyl sites for hydroxylation is 1. The van der Waals surface area contributed by atoms with Crippen molar-refractivity contribution in [2.24, 2.45) is 0 Å². The number of ether oxygens (including phenoxy) is 1. The van der Waals surface area contributed by atoms with Gasteiger partial charge in [0.2, 0.25) is 5.91 Å². The number of amides is 3. The van der Waals surface area contributed by atoms with Crippen LogP contribution in [-0.4, -0.2) is 41.1 Å². The summed E-state index contributed by atoms with van der Waals surface area (Å²) < 4.78 is 5.42. The lowest BCUT2D eigenvalue weighted by molar-refractivity contribution is -0.137. The number of rotatable bonds is 9. The number of urea groups is 1. The molecule has 1 atom stereocenters. The lowest BCUT2D eigenvalue weighted by Crippen LogP contribution is -2.26. The molecule has 9 heteroatoms. The topological polar surface area (TPSA) is 120 Å². The Balaban J connectivity index is 1.58. The Hall–Kier alpha value is -4.53. The fourth-order valence-corrected chi connectivity index (χ4v) is 3.58. The maximum absolute atomic E-state index is 12.6. The lowest BCUT2D eigenvalue weighted by atomic mass is 10.1. The molecule has 0 bridgehead atoms. The van der Waals surface area contributed by atoms with E-state index >= 15 is 0 Å². The monoisotopic (exact) mass is 490 g/mol. The van der Waals surface area contributed by atoms with E-state index in [9.17, 15) is 14.4 Å². The molecule has 0 saturated carbocycles. The summed E-state index contributed by atoms with van der Waals surface area (Å²) in [5, 5.41) is 17.4. The van der Waals surface area contributed by atoms with Crippen molar-refractivity contribution in [1.29, 1.82) is 0 Å². The average molecular weight is 491 g/mol. The number of allylic oxidation sites excluding steroid dienone is 3. The van der Waals surface area contributed by atoms with E-state index in [1.807, 2.05) is 38.1 Å². The number of benzene rings is 2. The average Bonchev–Trinajstić information content (AvgIpc) is 3.06. The molecule has 188 valence electrons. The number of nitrogens with zero attached hydrogens (tertiary/aromatic N) is 1. The Labute approximate surface area is 210 Å². The molecule has 4 N–H and O–H groups in total. The summed E-state index contributed by atoms with van der Waals surface area (Å²) in [7, 11) is 1.49. The van der Waals surface area contributed by atoms with Gasteiger partial charge in [0.1, 0.15) is 5.75 Å². The molecule has 1 unspecified atom stereocenters. The van der Waals surface area contributed by atoms with Gasteiger partial charge in [-0.3, -0.25) is 9.59 Å². The second kappa shape index (κ2) is 12.3. The van der Waals surface area contributed by atoms with Crippen LogP contribution in [0, 0.1) is 6.92 Å². The van der Waals surface area contributed by atoms with E-state index in [2.05, 4.69) is 16.0 Å². The van der Waals surface area contributed by atoms with E-state index < -0.39 is 12.0 Å². The van der Waals surface area contributed by atoms with Gasteiger partial charge in [-0.15, -0.1) is 0 Å². The Morgan fingerprint density at radius 1 is 1.03 bits per heavy atom. The first-order chi connectivity index (χ1) is 17.2.